The van der Waals surface area contributed by atoms with Crippen molar-refractivity contribution in [1.29, 1.82) is 0 Å². The Bertz CT molecular complexity index is 1130. The highest BCUT2D eigenvalue weighted by Gasteiger charge is 2.12. The van der Waals surface area contributed by atoms with Crippen LogP contribution in [0, 0.1) is 0 Å². The molecule has 0 saturated carbocycles. The molecule has 2 atom stereocenters. The van der Waals surface area contributed by atoms with Crippen molar-refractivity contribution >= 4 is 23.8 Å². The Labute approximate surface area is 216 Å². The van der Waals surface area contributed by atoms with Gasteiger partial charge >= 0.3 is 0 Å². The Morgan fingerprint density at radius 1 is 0.639 bits per heavy atom. The molecule has 3 aromatic carbocycles. The van der Waals surface area contributed by atoms with Gasteiger partial charge in [0, 0.05) is 23.6 Å². The zero-order valence-corrected chi connectivity index (χ0v) is 22.5. The first kappa shape index (κ1) is 27.2. The second-order valence-electron chi connectivity index (χ2n) is 9.59. The molecule has 190 valence electrons. The molecular formula is C32H40N2O2. The van der Waals surface area contributed by atoms with Crippen LogP contribution < -0.4 is 0 Å². The molecule has 0 saturated heterocycles. The van der Waals surface area contributed by atoms with Crippen LogP contribution in [-0.4, -0.2) is 22.6 Å². The summed E-state index contributed by atoms with van der Waals surface area (Å²) >= 11 is 0. The first-order chi connectivity index (χ1) is 17.3. The fourth-order valence-corrected chi connectivity index (χ4v) is 4.18. The number of phenolic OH excluding ortho intramolecular Hbond substituents is 2. The molecule has 0 aliphatic carbocycles. The van der Waals surface area contributed by atoms with Crippen LogP contribution in [0.25, 0.3) is 0 Å². The molecule has 2 unspecified atom stereocenters. The average molecular weight is 485 g/mol. The van der Waals surface area contributed by atoms with Crippen LogP contribution in [0.2, 0.25) is 0 Å². The highest BCUT2D eigenvalue weighted by Crippen LogP contribution is 2.31. The molecule has 2 N–H and O–H groups in total. The number of aryl methyl sites for hydroxylation is 2. The molecule has 0 spiro atoms. The Balaban J connectivity index is 1.82. The number of hydrogen-bond acceptors (Lipinski definition) is 4. The van der Waals surface area contributed by atoms with Crippen molar-refractivity contribution in [3.8, 4) is 11.5 Å². The van der Waals surface area contributed by atoms with Gasteiger partial charge in [-0.05, 0) is 96.2 Å². The van der Waals surface area contributed by atoms with Crippen molar-refractivity contribution in [1.82, 2.24) is 0 Å². The smallest absolute Gasteiger partial charge is 0.127 e. The van der Waals surface area contributed by atoms with Crippen LogP contribution in [-0.2, 0) is 12.8 Å². The maximum Gasteiger partial charge on any atom is 0.127 e. The molecule has 0 aliphatic heterocycles. The third-order valence-corrected chi connectivity index (χ3v) is 7.16. The molecule has 0 radical (unpaired) electrons. The van der Waals surface area contributed by atoms with E-state index in [1.165, 1.54) is 11.1 Å². The largest absolute Gasteiger partial charge is 0.507 e. The van der Waals surface area contributed by atoms with Gasteiger partial charge in [0.15, 0.2) is 0 Å². The maximum atomic E-state index is 10.7. The lowest BCUT2D eigenvalue weighted by atomic mass is 9.93. The minimum absolute atomic E-state index is 0.306. The summed E-state index contributed by atoms with van der Waals surface area (Å²) in [5, 5.41) is 21.3. The Hall–Kier alpha value is -3.40. The van der Waals surface area contributed by atoms with Gasteiger partial charge in [-0.15, -0.1) is 0 Å². The van der Waals surface area contributed by atoms with Crippen molar-refractivity contribution in [2.75, 3.05) is 0 Å². The summed E-state index contributed by atoms with van der Waals surface area (Å²) in [5.74, 6) is 1.47. The van der Waals surface area contributed by atoms with E-state index in [0.717, 1.165) is 59.3 Å². The van der Waals surface area contributed by atoms with Gasteiger partial charge < -0.3 is 10.2 Å². The van der Waals surface area contributed by atoms with E-state index in [1.807, 2.05) is 36.4 Å². The SMILES string of the molecule is CCc1cc(C(C)CC)cc(C=Nc2ccc(N=Cc3cc(C(C)CC)cc(CC)c3O)cc2)c1O. The zero-order chi connectivity index (χ0) is 26.2. The summed E-state index contributed by atoms with van der Waals surface area (Å²) < 4.78 is 0. The number of aromatic hydroxyl groups is 2. The van der Waals surface area contributed by atoms with Crippen LogP contribution in [0.4, 0.5) is 11.4 Å². The summed E-state index contributed by atoms with van der Waals surface area (Å²) in [7, 11) is 0. The Morgan fingerprint density at radius 3 is 1.31 bits per heavy atom. The van der Waals surface area contributed by atoms with E-state index in [4.69, 9.17) is 0 Å². The molecule has 0 heterocycles. The number of nitrogens with zero attached hydrogens (tertiary/aromatic N) is 2. The molecular weight excluding hydrogens is 444 g/mol. The van der Waals surface area contributed by atoms with E-state index >= 15 is 0 Å². The van der Waals surface area contributed by atoms with Crippen LogP contribution in [0.15, 0.2) is 58.5 Å². The normalized spacial score (nSPS) is 13.5. The molecule has 4 heteroatoms. The van der Waals surface area contributed by atoms with Gasteiger partial charge in [-0.25, -0.2) is 0 Å². The highest BCUT2D eigenvalue weighted by atomic mass is 16.3. The number of aliphatic imine (C=N–C) groups is 2. The summed E-state index contributed by atoms with van der Waals surface area (Å²) in [4.78, 5) is 9.20. The highest BCUT2D eigenvalue weighted by molar-refractivity contribution is 5.87. The quantitative estimate of drug-likeness (QED) is 0.282. The lowest BCUT2D eigenvalue weighted by Crippen LogP contribution is -1.97. The Morgan fingerprint density at radius 2 is 1.00 bits per heavy atom. The molecule has 0 aliphatic rings. The van der Waals surface area contributed by atoms with Crippen molar-refractivity contribution in [2.24, 2.45) is 9.98 Å². The molecule has 3 rings (SSSR count). The summed E-state index contributed by atoms with van der Waals surface area (Å²) in [5.41, 5.74) is 7.42. The van der Waals surface area contributed by atoms with E-state index in [1.54, 1.807) is 12.4 Å². The van der Waals surface area contributed by atoms with Crippen LogP contribution >= 0.6 is 0 Å². The maximum absolute atomic E-state index is 10.7. The first-order valence-corrected chi connectivity index (χ1v) is 13.2. The molecule has 0 amide bonds. The van der Waals surface area contributed by atoms with Gasteiger partial charge in [-0.1, -0.05) is 53.7 Å². The lowest BCUT2D eigenvalue weighted by molar-refractivity contribution is 0.467. The van der Waals surface area contributed by atoms with Gasteiger partial charge in [0.1, 0.15) is 11.5 Å². The van der Waals surface area contributed by atoms with E-state index < -0.39 is 0 Å². The number of benzene rings is 3. The van der Waals surface area contributed by atoms with Gasteiger partial charge in [-0.3, -0.25) is 9.98 Å². The van der Waals surface area contributed by atoms with Gasteiger partial charge in [0.2, 0.25) is 0 Å². The second kappa shape index (κ2) is 12.5. The standard InChI is InChI=1S/C32H40N2O2/c1-7-21(5)25-15-23(9-3)31(35)27(17-25)19-33-29-11-13-30(14-12-29)34-20-28-18-26(22(6)8-2)16-24(10-4)32(28)36/h11-22,35-36H,7-10H2,1-6H3. The molecule has 0 aromatic heterocycles. The minimum Gasteiger partial charge on any atom is -0.507 e. The van der Waals surface area contributed by atoms with Gasteiger partial charge in [0.25, 0.3) is 0 Å². The number of rotatable bonds is 10. The molecule has 3 aromatic rings. The average Bonchev–Trinajstić information content (AvgIpc) is 2.91. The first-order valence-electron chi connectivity index (χ1n) is 13.2. The van der Waals surface area contributed by atoms with Gasteiger partial charge in [0.05, 0.1) is 11.4 Å². The monoisotopic (exact) mass is 484 g/mol. The van der Waals surface area contributed by atoms with Crippen LogP contribution in [0.1, 0.15) is 99.6 Å². The predicted molar refractivity (Wildman–Crippen MR) is 153 cm³/mol. The van der Waals surface area contributed by atoms with Crippen molar-refractivity contribution in [2.45, 2.75) is 79.1 Å². The summed E-state index contributed by atoms with van der Waals surface area (Å²) in [6.07, 6.45) is 7.13. The van der Waals surface area contributed by atoms with Crippen molar-refractivity contribution < 1.29 is 10.2 Å². The molecule has 0 fully saturated rings. The topological polar surface area (TPSA) is 65.2 Å². The third kappa shape index (κ3) is 6.42. The summed E-state index contributed by atoms with van der Waals surface area (Å²) in [6.45, 7) is 12.9. The molecule has 0 bridgehead atoms. The lowest BCUT2D eigenvalue weighted by Gasteiger charge is -2.14. The van der Waals surface area contributed by atoms with Crippen molar-refractivity contribution in [3.05, 3.63) is 81.9 Å². The van der Waals surface area contributed by atoms with Crippen LogP contribution in [0.3, 0.4) is 0 Å². The number of phenols is 2. The number of hydrogen-bond donors (Lipinski definition) is 2. The van der Waals surface area contributed by atoms with Crippen molar-refractivity contribution in [3.63, 3.8) is 0 Å². The van der Waals surface area contributed by atoms with E-state index in [2.05, 4.69) is 63.7 Å². The minimum atomic E-state index is 0.306. The summed E-state index contributed by atoms with van der Waals surface area (Å²) in [6, 6.07) is 15.9. The van der Waals surface area contributed by atoms with E-state index in [9.17, 15) is 10.2 Å². The van der Waals surface area contributed by atoms with E-state index in [-0.39, 0.29) is 0 Å². The third-order valence-electron chi connectivity index (χ3n) is 7.16. The Kier molecular flexibility index (Phi) is 9.46. The van der Waals surface area contributed by atoms with Gasteiger partial charge in [-0.2, -0.15) is 0 Å². The molecule has 4 nitrogen and oxygen atoms in total. The molecule has 36 heavy (non-hydrogen) atoms. The predicted octanol–water partition coefficient (Wildman–Crippen LogP) is 8.75. The fourth-order valence-electron chi connectivity index (χ4n) is 4.18. The van der Waals surface area contributed by atoms with Crippen LogP contribution in [0.5, 0.6) is 11.5 Å². The second-order valence-corrected chi connectivity index (χ2v) is 9.59. The zero-order valence-electron chi connectivity index (χ0n) is 22.5. The fraction of sp³-hybridized carbons (Fsp3) is 0.375. The van der Waals surface area contributed by atoms with E-state index in [0.29, 0.717) is 23.3 Å².